The van der Waals surface area contributed by atoms with Crippen molar-refractivity contribution in [1.82, 2.24) is 5.32 Å². The quantitative estimate of drug-likeness (QED) is 0.697. The smallest absolute Gasteiger partial charge is 0.328 e. The van der Waals surface area contributed by atoms with Crippen LogP contribution in [-0.4, -0.2) is 49.5 Å². The van der Waals surface area contributed by atoms with Gasteiger partial charge in [-0.2, -0.15) is 0 Å². The molecule has 0 aliphatic carbocycles. The van der Waals surface area contributed by atoms with E-state index in [1.807, 2.05) is 0 Å². The third-order valence-electron chi connectivity index (χ3n) is 2.93. The van der Waals surface area contributed by atoms with Gasteiger partial charge >= 0.3 is 5.97 Å². The van der Waals surface area contributed by atoms with Crippen LogP contribution in [0.25, 0.3) is 0 Å². The summed E-state index contributed by atoms with van der Waals surface area (Å²) in [6.45, 7) is 0.731. The molecule has 1 aliphatic heterocycles. The van der Waals surface area contributed by atoms with E-state index in [1.54, 1.807) is 0 Å². The molecule has 2 atom stereocenters. The highest BCUT2D eigenvalue weighted by Gasteiger charge is 2.21. The summed E-state index contributed by atoms with van der Waals surface area (Å²) in [7, 11) is 1.40. The topological polar surface area (TPSA) is 84.9 Å². The first-order valence-corrected chi connectivity index (χ1v) is 6.26. The fourth-order valence-corrected chi connectivity index (χ4v) is 1.94. The molecule has 1 amide bonds. The van der Waals surface area contributed by atoms with Gasteiger partial charge in [0.2, 0.25) is 5.91 Å². The first-order valence-electron chi connectivity index (χ1n) is 6.26. The highest BCUT2D eigenvalue weighted by Crippen LogP contribution is 2.16. The molecule has 0 bridgehead atoms. The van der Waals surface area contributed by atoms with Crippen molar-refractivity contribution in [1.29, 1.82) is 0 Å². The van der Waals surface area contributed by atoms with Gasteiger partial charge in [0, 0.05) is 20.1 Å². The lowest BCUT2D eigenvalue weighted by molar-refractivity contribution is -0.143. The van der Waals surface area contributed by atoms with Crippen LogP contribution in [0.1, 0.15) is 32.1 Å². The predicted octanol–water partition coefficient (Wildman–Crippen LogP) is 0.552. The van der Waals surface area contributed by atoms with Crippen LogP contribution in [-0.2, 0) is 19.1 Å². The van der Waals surface area contributed by atoms with Crippen LogP contribution in [0.3, 0.4) is 0 Å². The number of ether oxygens (including phenoxy) is 2. The number of hydrogen-bond donors (Lipinski definition) is 2. The normalized spacial score (nSPS) is 21.3. The lowest BCUT2D eigenvalue weighted by Crippen LogP contribution is -2.44. The minimum absolute atomic E-state index is 0.0268. The third-order valence-corrected chi connectivity index (χ3v) is 2.93. The van der Waals surface area contributed by atoms with Crippen molar-refractivity contribution in [3.8, 4) is 0 Å². The summed E-state index contributed by atoms with van der Waals surface area (Å²) in [4.78, 5) is 22.4. The largest absolute Gasteiger partial charge is 0.480 e. The minimum atomic E-state index is -1.08. The van der Waals surface area contributed by atoms with Crippen molar-refractivity contribution in [2.75, 3.05) is 20.3 Å². The fraction of sp³-hybridized carbons (Fsp3) is 0.833. The number of rotatable bonds is 7. The summed E-state index contributed by atoms with van der Waals surface area (Å²) >= 11 is 0. The third kappa shape index (κ3) is 5.46. The van der Waals surface area contributed by atoms with E-state index in [0.717, 1.165) is 25.9 Å². The van der Waals surface area contributed by atoms with Gasteiger partial charge in [-0.15, -0.1) is 0 Å². The van der Waals surface area contributed by atoms with Gasteiger partial charge in [-0.05, 0) is 25.7 Å². The van der Waals surface area contributed by atoms with Crippen LogP contribution in [0.4, 0.5) is 0 Å². The molecule has 1 aliphatic rings. The maximum Gasteiger partial charge on any atom is 0.328 e. The van der Waals surface area contributed by atoms with Gasteiger partial charge in [-0.25, -0.2) is 4.79 Å². The van der Waals surface area contributed by atoms with Gasteiger partial charge < -0.3 is 19.9 Å². The Morgan fingerprint density at radius 1 is 1.50 bits per heavy atom. The second-order valence-corrected chi connectivity index (χ2v) is 4.44. The molecule has 0 aromatic rings. The van der Waals surface area contributed by atoms with E-state index >= 15 is 0 Å². The highest BCUT2D eigenvalue weighted by atomic mass is 16.5. The van der Waals surface area contributed by atoms with Gasteiger partial charge in [0.15, 0.2) is 6.04 Å². The van der Waals surface area contributed by atoms with E-state index < -0.39 is 12.0 Å². The molecule has 0 radical (unpaired) electrons. The maximum absolute atomic E-state index is 11.6. The van der Waals surface area contributed by atoms with Crippen molar-refractivity contribution in [2.45, 2.75) is 44.2 Å². The summed E-state index contributed by atoms with van der Waals surface area (Å²) in [6, 6.07) is -0.977. The van der Waals surface area contributed by atoms with Gasteiger partial charge in [0.1, 0.15) is 0 Å². The van der Waals surface area contributed by atoms with E-state index in [4.69, 9.17) is 14.6 Å². The van der Waals surface area contributed by atoms with Crippen LogP contribution in [0, 0.1) is 0 Å². The summed E-state index contributed by atoms with van der Waals surface area (Å²) in [5.41, 5.74) is 0. The van der Waals surface area contributed by atoms with Gasteiger partial charge in [0.25, 0.3) is 0 Å². The molecule has 1 saturated heterocycles. The number of amides is 1. The Bertz CT molecular complexity index is 276. The Kier molecular flexibility index (Phi) is 6.67. The molecule has 18 heavy (non-hydrogen) atoms. The average Bonchev–Trinajstić information content (AvgIpc) is 2.37. The molecular weight excluding hydrogens is 238 g/mol. The van der Waals surface area contributed by atoms with Crippen LogP contribution in [0.2, 0.25) is 0 Å². The van der Waals surface area contributed by atoms with Crippen LogP contribution >= 0.6 is 0 Å². The zero-order valence-corrected chi connectivity index (χ0v) is 10.7. The monoisotopic (exact) mass is 259 g/mol. The van der Waals surface area contributed by atoms with Gasteiger partial charge in [-0.1, -0.05) is 0 Å². The summed E-state index contributed by atoms with van der Waals surface area (Å²) in [5.74, 6) is -1.35. The molecule has 1 rings (SSSR count). The minimum Gasteiger partial charge on any atom is -0.480 e. The van der Waals surface area contributed by atoms with Gasteiger partial charge in [-0.3, -0.25) is 4.79 Å². The van der Waals surface area contributed by atoms with E-state index in [1.165, 1.54) is 7.11 Å². The van der Waals surface area contributed by atoms with Crippen molar-refractivity contribution < 1.29 is 24.2 Å². The lowest BCUT2D eigenvalue weighted by atomic mass is 10.0. The van der Waals surface area contributed by atoms with Gasteiger partial charge in [0.05, 0.1) is 12.7 Å². The Morgan fingerprint density at radius 2 is 2.28 bits per heavy atom. The van der Waals surface area contributed by atoms with E-state index in [2.05, 4.69) is 5.32 Å². The molecule has 0 aromatic carbocycles. The lowest BCUT2D eigenvalue weighted by Gasteiger charge is -2.22. The molecule has 1 heterocycles. The Morgan fingerprint density at radius 3 is 2.83 bits per heavy atom. The second kappa shape index (κ2) is 8.05. The SMILES string of the molecule is COCC(NC(=O)CCC1CCCCO1)C(=O)O. The fourth-order valence-electron chi connectivity index (χ4n) is 1.94. The Labute approximate surface area is 107 Å². The molecule has 2 unspecified atom stereocenters. The summed E-state index contributed by atoms with van der Waals surface area (Å²) in [6.07, 6.45) is 4.26. The number of methoxy groups -OCH3 is 1. The zero-order valence-electron chi connectivity index (χ0n) is 10.7. The molecular formula is C12H21NO5. The molecule has 0 aromatic heterocycles. The zero-order chi connectivity index (χ0) is 13.4. The van der Waals surface area contributed by atoms with Crippen LogP contribution < -0.4 is 5.32 Å². The number of carboxylic acids is 1. The average molecular weight is 259 g/mol. The molecule has 2 N–H and O–H groups in total. The van der Waals surface area contributed by atoms with E-state index in [0.29, 0.717) is 6.42 Å². The second-order valence-electron chi connectivity index (χ2n) is 4.44. The molecule has 1 fully saturated rings. The summed E-state index contributed by atoms with van der Waals surface area (Å²) in [5, 5.41) is 11.3. The standard InChI is InChI=1S/C12H21NO5/c1-17-8-10(12(15)16)13-11(14)6-5-9-4-2-3-7-18-9/h9-10H,2-8H2,1H3,(H,13,14)(H,15,16). The molecule has 6 heteroatoms. The number of aliphatic carboxylic acids is 1. The Balaban J connectivity index is 2.24. The molecule has 104 valence electrons. The van der Waals surface area contributed by atoms with Crippen molar-refractivity contribution in [3.63, 3.8) is 0 Å². The summed E-state index contributed by atoms with van der Waals surface area (Å²) < 4.78 is 10.2. The number of carbonyl (C=O) groups excluding carboxylic acids is 1. The number of nitrogens with one attached hydrogen (secondary N) is 1. The van der Waals surface area contributed by atoms with Crippen LogP contribution in [0.5, 0.6) is 0 Å². The number of hydrogen-bond acceptors (Lipinski definition) is 4. The van der Waals surface area contributed by atoms with E-state index in [9.17, 15) is 9.59 Å². The predicted molar refractivity (Wildman–Crippen MR) is 64.3 cm³/mol. The Hall–Kier alpha value is -1.14. The first-order chi connectivity index (χ1) is 8.63. The number of carbonyl (C=O) groups is 2. The van der Waals surface area contributed by atoms with Crippen molar-refractivity contribution >= 4 is 11.9 Å². The maximum atomic E-state index is 11.6. The highest BCUT2D eigenvalue weighted by molar-refractivity contribution is 5.83. The van der Waals surface area contributed by atoms with Crippen LogP contribution in [0.15, 0.2) is 0 Å². The number of carboxylic acid groups (broad SMARTS) is 1. The molecule has 6 nitrogen and oxygen atoms in total. The van der Waals surface area contributed by atoms with Crippen molar-refractivity contribution in [2.24, 2.45) is 0 Å². The van der Waals surface area contributed by atoms with E-state index in [-0.39, 0.29) is 25.0 Å². The molecule has 0 saturated carbocycles. The first kappa shape index (κ1) is 14.9. The molecule has 0 spiro atoms. The van der Waals surface area contributed by atoms with Crippen molar-refractivity contribution in [3.05, 3.63) is 0 Å².